The molecule has 3 N–H and O–H groups in total. The summed E-state index contributed by atoms with van der Waals surface area (Å²) >= 11 is 0. The molecule has 0 aliphatic carbocycles. The van der Waals surface area contributed by atoms with Crippen molar-refractivity contribution in [3.63, 3.8) is 0 Å². The van der Waals surface area contributed by atoms with Crippen LogP contribution in [0.15, 0.2) is 59.7 Å². The van der Waals surface area contributed by atoms with Crippen LogP contribution < -0.4 is 16.4 Å². The molecule has 3 nitrogen and oxygen atoms in total. The lowest BCUT2D eigenvalue weighted by Gasteiger charge is -2.21. The lowest BCUT2D eigenvalue weighted by atomic mass is 10.1. The molecule has 0 amide bonds. The lowest BCUT2D eigenvalue weighted by molar-refractivity contribution is 1.21. The van der Waals surface area contributed by atoms with Gasteiger partial charge < -0.3 is 11.1 Å². The molecule has 0 saturated carbocycles. The van der Waals surface area contributed by atoms with Crippen molar-refractivity contribution in [2.75, 3.05) is 18.0 Å². The minimum atomic E-state index is 0.863. The topological polar surface area (TPSA) is 50.4 Å². The molecule has 1 unspecified atom stereocenters. The first-order chi connectivity index (χ1) is 10.4. The van der Waals surface area contributed by atoms with Gasteiger partial charge in [-0.15, -0.1) is 0 Å². The van der Waals surface area contributed by atoms with Crippen molar-refractivity contribution >= 4 is 37.0 Å². The maximum absolute atomic E-state index is 5.82. The average molecular weight is 295 g/mol. The second-order valence-electron chi connectivity index (χ2n) is 4.80. The van der Waals surface area contributed by atoms with Crippen LogP contribution in [0, 0.1) is 0 Å². The van der Waals surface area contributed by atoms with Gasteiger partial charge in [0.15, 0.2) is 0 Å². The number of fused-ring (bicyclic) bond motifs is 1. The Balaban J connectivity index is 1.93. The molecule has 0 radical (unpaired) electrons. The van der Waals surface area contributed by atoms with E-state index >= 15 is 0 Å². The van der Waals surface area contributed by atoms with Gasteiger partial charge in [-0.3, -0.25) is 4.99 Å². The lowest BCUT2D eigenvalue weighted by Crippen LogP contribution is -2.19. The molecule has 4 heteroatoms. The Hall–Kier alpha value is -2.12. The molecule has 0 bridgehead atoms. The van der Waals surface area contributed by atoms with E-state index in [0.717, 1.165) is 31.9 Å². The Morgan fingerprint density at radius 1 is 1.14 bits per heavy atom. The minimum absolute atomic E-state index is 0.863. The number of nitrogens with zero attached hydrogens (tertiary/aromatic N) is 1. The van der Waals surface area contributed by atoms with Gasteiger partial charge in [-0.05, 0) is 23.6 Å². The molecule has 2 aromatic carbocycles. The molecular weight excluding hydrogens is 277 g/mol. The monoisotopic (exact) mass is 295 g/mol. The normalized spacial score (nSPS) is 15.9. The van der Waals surface area contributed by atoms with E-state index in [9.17, 15) is 0 Å². The van der Waals surface area contributed by atoms with Crippen molar-refractivity contribution in [1.82, 2.24) is 0 Å². The van der Waals surface area contributed by atoms with Gasteiger partial charge in [-0.2, -0.15) is 0 Å². The second kappa shape index (κ2) is 6.55. The summed E-state index contributed by atoms with van der Waals surface area (Å²) in [6, 6.07) is 16.3. The molecular formula is C17H18N3P. The first kappa shape index (κ1) is 13.8. The molecule has 21 heavy (non-hydrogen) atoms. The second-order valence-corrected chi connectivity index (χ2v) is 6.19. The van der Waals surface area contributed by atoms with Crippen molar-refractivity contribution in [3.05, 3.63) is 60.3 Å². The number of allylic oxidation sites excluding steroid dienone is 1. The first-order valence-corrected chi connectivity index (χ1v) is 8.21. The number of rotatable bonds is 3. The number of aliphatic imine (C=N–C) groups is 1. The average Bonchev–Trinajstić information content (AvgIpc) is 2.56. The summed E-state index contributed by atoms with van der Waals surface area (Å²) in [7, 11) is 0.863. The number of anilines is 1. The van der Waals surface area contributed by atoms with Gasteiger partial charge in [-0.1, -0.05) is 45.0 Å². The zero-order valence-electron chi connectivity index (χ0n) is 11.7. The van der Waals surface area contributed by atoms with Gasteiger partial charge >= 0.3 is 0 Å². The van der Waals surface area contributed by atoms with Crippen molar-refractivity contribution in [1.29, 1.82) is 0 Å². The van der Waals surface area contributed by atoms with E-state index in [-0.39, 0.29) is 0 Å². The summed E-state index contributed by atoms with van der Waals surface area (Å²) < 4.78 is 0. The highest BCUT2D eigenvalue weighted by atomic mass is 31.1. The predicted octanol–water partition coefficient (Wildman–Crippen LogP) is 3.12. The molecule has 1 aliphatic rings. The van der Waals surface area contributed by atoms with Crippen LogP contribution in [0.1, 0.15) is 5.56 Å². The molecule has 106 valence electrons. The van der Waals surface area contributed by atoms with Crippen LogP contribution in [0.2, 0.25) is 0 Å². The first-order valence-electron chi connectivity index (χ1n) is 7.00. The quantitative estimate of drug-likeness (QED) is 0.675. The van der Waals surface area contributed by atoms with Gasteiger partial charge in [0, 0.05) is 35.8 Å². The Labute approximate surface area is 126 Å². The molecule has 0 fully saturated rings. The minimum Gasteiger partial charge on any atom is -0.404 e. The highest BCUT2D eigenvalue weighted by molar-refractivity contribution is 7.47. The van der Waals surface area contributed by atoms with E-state index in [1.807, 2.05) is 36.5 Å². The van der Waals surface area contributed by atoms with E-state index in [2.05, 4.69) is 28.5 Å². The van der Waals surface area contributed by atoms with Crippen LogP contribution >= 0.6 is 8.58 Å². The highest BCUT2D eigenvalue weighted by Gasteiger charge is 2.13. The molecule has 2 aromatic rings. The van der Waals surface area contributed by atoms with E-state index in [0.29, 0.717) is 0 Å². The summed E-state index contributed by atoms with van der Waals surface area (Å²) in [5.74, 6) is 0. The predicted molar refractivity (Wildman–Crippen MR) is 94.5 cm³/mol. The number of nitrogens with one attached hydrogen (secondary N) is 1. The summed E-state index contributed by atoms with van der Waals surface area (Å²) in [5, 5.41) is 4.87. The summed E-state index contributed by atoms with van der Waals surface area (Å²) in [6.45, 7) is 1.02. The van der Waals surface area contributed by atoms with Crippen molar-refractivity contribution in [3.8, 4) is 0 Å². The third kappa shape index (κ3) is 3.14. The molecule has 0 spiro atoms. The SMILES string of the molecule is NC=C(C=Nc1ccccc1)c1cccc2c1NCCP2. The van der Waals surface area contributed by atoms with Gasteiger partial charge in [0.25, 0.3) is 0 Å². The van der Waals surface area contributed by atoms with E-state index < -0.39 is 0 Å². The molecule has 0 saturated heterocycles. The summed E-state index contributed by atoms with van der Waals surface area (Å²) in [4.78, 5) is 4.50. The Morgan fingerprint density at radius 2 is 2.00 bits per heavy atom. The van der Waals surface area contributed by atoms with Gasteiger partial charge in [-0.25, -0.2) is 0 Å². The van der Waals surface area contributed by atoms with E-state index in [4.69, 9.17) is 5.73 Å². The third-order valence-electron chi connectivity index (χ3n) is 3.41. The fourth-order valence-corrected chi connectivity index (χ4v) is 3.51. The van der Waals surface area contributed by atoms with Crippen LogP contribution in [0.3, 0.4) is 0 Å². The number of hydrogen-bond acceptors (Lipinski definition) is 3. The molecule has 1 atom stereocenters. The smallest absolute Gasteiger partial charge is 0.0629 e. The van der Waals surface area contributed by atoms with Crippen LogP contribution in [0.4, 0.5) is 11.4 Å². The van der Waals surface area contributed by atoms with Crippen molar-refractivity contribution < 1.29 is 0 Å². The fourth-order valence-electron chi connectivity index (χ4n) is 2.38. The molecule has 1 heterocycles. The van der Waals surface area contributed by atoms with Crippen LogP contribution in [-0.4, -0.2) is 18.9 Å². The molecule has 0 aromatic heterocycles. The van der Waals surface area contributed by atoms with E-state index in [1.165, 1.54) is 17.2 Å². The third-order valence-corrected chi connectivity index (χ3v) is 4.70. The number of nitrogens with two attached hydrogens (primary N) is 1. The van der Waals surface area contributed by atoms with Crippen molar-refractivity contribution in [2.24, 2.45) is 10.7 Å². The number of benzene rings is 2. The molecule has 3 rings (SSSR count). The molecule has 1 aliphatic heterocycles. The number of hydrogen-bond donors (Lipinski definition) is 2. The summed E-state index contributed by atoms with van der Waals surface area (Å²) in [5.41, 5.74) is 10.0. The van der Waals surface area contributed by atoms with Crippen LogP contribution in [-0.2, 0) is 0 Å². The largest absolute Gasteiger partial charge is 0.404 e. The Morgan fingerprint density at radius 3 is 2.81 bits per heavy atom. The van der Waals surface area contributed by atoms with E-state index in [1.54, 1.807) is 6.20 Å². The number of para-hydroxylation sites is 2. The fraction of sp³-hybridized carbons (Fsp3) is 0.118. The maximum atomic E-state index is 5.82. The standard InChI is InChI=1S/C17H18N3P/c18-11-13(12-20-14-5-2-1-3-6-14)15-7-4-8-16-17(15)19-9-10-21-16/h1-8,11-12,19,21H,9-10,18H2. The van der Waals surface area contributed by atoms with Gasteiger partial charge in [0.05, 0.1) is 5.69 Å². The van der Waals surface area contributed by atoms with Gasteiger partial charge in [0.2, 0.25) is 0 Å². The van der Waals surface area contributed by atoms with Crippen LogP contribution in [0.25, 0.3) is 5.57 Å². The Bertz CT molecular complexity index is 678. The Kier molecular flexibility index (Phi) is 4.32. The highest BCUT2D eigenvalue weighted by Crippen LogP contribution is 2.29. The zero-order chi connectivity index (χ0) is 14.5. The maximum Gasteiger partial charge on any atom is 0.0629 e. The zero-order valence-corrected chi connectivity index (χ0v) is 12.7. The van der Waals surface area contributed by atoms with Crippen LogP contribution in [0.5, 0.6) is 0 Å². The summed E-state index contributed by atoms with van der Waals surface area (Å²) in [6.07, 6.45) is 4.67. The van der Waals surface area contributed by atoms with Gasteiger partial charge in [0.1, 0.15) is 0 Å². The van der Waals surface area contributed by atoms with Crippen molar-refractivity contribution in [2.45, 2.75) is 0 Å².